The van der Waals surface area contributed by atoms with Gasteiger partial charge in [0.2, 0.25) is 0 Å². The van der Waals surface area contributed by atoms with E-state index in [-0.39, 0.29) is 11.6 Å². The number of benzene rings is 2. The van der Waals surface area contributed by atoms with Crippen molar-refractivity contribution < 1.29 is 22.7 Å². The van der Waals surface area contributed by atoms with Gasteiger partial charge in [0, 0.05) is 5.56 Å². The molecule has 0 bridgehead atoms. The fourth-order valence-corrected chi connectivity index (χ4v) is 1.90. The van der Waals surface area contributed by atoms with E-state index in [1.54, 1.807) is 6.07 Å². The van der Waals surface area contributed by atoms with Gasteiger partial charge in [-0.2, -0.15) is 13.2 Å². The van der Waals surface area contributed by atoms with Crippen molar-refractivity contribution in [1.82, 2.24) is 0 Å². The van der Waals surface area contributed by atoms with Crippen LogP contribution in [0.1, 0.15) is 21.5 Å². The standard InChI is InChI=1S/C15H10ClF3O2/c16-13-7-11(8-20)3-6-14(13)21-9-10-1-4-12(5-2-10)15(17,18)19/h1-8H,9H2. The number of alkyl halides is 3. The second kappa shape index (κ2) is 6.18. The predicted molar refractivity (Wildman–Crippen MR) is 72.6 cm³/mol. The number of ether oxygens (including phenoxy) is 1. The van der Waals surface area contributed by atoms with Crippen molar-refractivity contribution in [3.8, 4) is 5.75 Å². The van der Waals surface area contributed by atoms with Crippen molar-refractivity contribution >= 4 is 17.9 Å². The highest BCUT2D eigenvalue weighted by atomic mass is 35.5. The highest BCUT2D eigenvalue weighted by molar-refractivity contribution is 6.32. The summed E-state index contributed by atoms with van der Waals surface area (Å²) in [6, 6.07) is 9.21. The molecule has 0 heterocycles. The van der Waals surface area contributed by atoms with Gasteiger partial charge in [-0.1, -0.05) is 23.7 Å². The lowest BCUT2D eigenvalue weighted by Gasteiger charge is -2.10. The largest absolute Gasteiger partial charge is 0.487 e. The van der Waals surface area contributed by atoms with Crippen LogP contribution in [0.5, 0.6) is 5.75 Å². The molecule has 0 atom stereocenters. The first-order chi connectivity index (χ1) is 9.90. The molecule has 0 aliphatic carbocycles. The van der Waals surface area contributed by atoms with Crippen LogP contribution in [0.2, 0.25) is 5.02 Å². The van der Waals surface area contributed by atoms with Gasteiger partial charge in [0.25, 0.3) is 0 Å². The molecule has 0 radical (unpaired) electrons. The van der Waals surface area contributed by atoms with Crippen LogP contribution in [-0.4, -0.2) is 6.29 Å². The molecule has 0 aliphatic heterocycles. The van der Waals surface area contributed by atoms with Crippen molar-refractivity contribution in [2.75, 3.05) is 0 Å². The maximum absolute atomic E-state index is 12.4. The van der Waals surface area contributed by atoms with Crippen LogP contribution in [0, 0.1) is 0 Å². The Bertz CT molecular complexity index is 636. The minimum absolute atomic E-state index is 0.0816. The molecule has 0 saturated heterocycles. The molecule has 0 aliphatic rings. The molecule has 21 heavy (non-hydrogen) atoms. The van der Waals surface area contributed by atoms with Crippen LogP contribution in [0.25, 0.3) is 0 Å². The summed E-state index contributed by atoms with van der Waals surface area (Å²) in [5.41, 5.74) is 0.292. The van der Waals surface area contributed by atoms with E-state index >= 15 is 0 Å². The minimum atomic E-state index is -4.35. The number of aldehydes is 1. The van der Waals surface area contributed by atoms with Crippen molar-refractivity contribution in [3.63, 3.8) is 0 Å². The van der Waals surface area contributed by atoms with Gasteiger partial charge in [-0.25, -0.2) is 0 Å². The summed E-state index contributed by atoms with van der Waals surface area (Å²) in [5.74, 6) is 0.363. The second-order valence-electron chi connectivity index (χ2n) is 4.29. The normalized spacial score (nSPS) is 11.2. The molecular formula is C15H10ClF3O2. The predicted octanol–water partition coefficient (Wildman–Crippen LogP) is 4.75. The van der Waals surface area contributed by atoms with Crippen LogP contribution in [0.15, 0.2) is 42.5 Å². The molecule has 0 amide bonds. The molecule has 0 fully saturated rings. The van der Waals surface area contributed by atoms with Gasteiger partial charge < -0.3 is 4.74 Å². The first kappa shape index (κ1) is 15.4. The fraction of sp³-hybridized carbons (Fsp3) is 0.133. The van der Waals surface area contributed by atoms with Gasteiger partial charge >= 0.3 is 6.18 Å². The quantitative estimate of drug-likeness (QED) is 0.761. The molecule has 0 N–H and O–H groups in total. The Morgan fingerprint density at radius 3 is 2.29 bits per heavy atom. The fourth-order valence-electron chi connectivity index (χ4n) is 1.66. The van der Waals surface area contributed by atoms with E-state index in [0.29, 0.717) is 23.2 Å². The first-order valence-electron chi connectivity index (χ1n) is 5.94. The maximum atomic E-state index is 12.4. The lowest BCUT2D eigenvalue weighted by Crippen LogP contribution is -2.05. The summed E-state index contributed by atoms with van der Waals surface area (Å²) in [7, 11) is 0. The molecule has 2 nitrogen and oxygen atoms in total. The summed E-state index contributed by atoms with van der Waals surface area (Å²) in [5, 5.41) is 0.270. The molecular weight excluding hydrogens is 305 g/mol. The lowest BCUT2D eigenvalue weighted by molar-refractivity contribution is -0.137. The molecule has 6 heteroatoms. The number of hydrogen-bond donors (Lipinski definition) is 0. The topological polar surface area (TPSA) is 26.3 Å². The van der Waals surface area contributed by atoms with Crippen LogP contribution >= 0.6 is 11.6 Å². The molecule has 2 aromatic rings. The Kier molecular flexibility index (Phi) is 4.53. The number of carbonyl (C=O) groups is 1. The van der Waals surface area contributed by atoms with Crippen molar-refractivity contribution in [2.24, 2.45) is 0 Å². The molecule has 2 aromatic carbocycles. The number of carbonyl (C=O) groups excluding carboxylic acids is 1. The minimum Gasteiger partial charge on any atom is -0.487 e. The molecule has 2 rings (SSSR count). The second-order valence-corrected chi connectivity index (χ2v) is 4.70. The van der Waals surface area contributed by atoms with E-state index in [1.165, 1.54) is 24.3 Å². The van der Waals surface area contributed by atoms with Gasteiger partial charge in [-0.15, -0.1) is 0 Å². The van der Waals surface area contributed by atoms with Gasteiger partial charge in [0.1, 0.15) is 18.6 Å². The van der Waals surface area contributed by atoms with E-state index in [2.05, 4.69) is 0 Å². The first-order valence-corrected chi connectivity index (χ1v) is 6.31. The molecule has 0 aromatic heterocycles. The van der Waals surface area contributed by atoms with E-state index in [4.69, 9.17) is 16.3 Å². The van der Waals surface area contributed by atoms with Crippen molar-refractivity contribution in [2.45, 2.75) is 12.8 Å². The summed E-state index contributed by atoms with van der Waals surface area (Å²) in [4.78, 5) is 10.6. The number of hydrogen-bond acceptors (Lipinski definition) is 2. The Morgan fingerprint density at radius 2 is 1.76 bits per heavy atom. The van der Waals surface area contributed by atoms with E-state index in [1.807, 2.05) is 0 Å². The monoisotopic (exact) mass is 314 g/mol. The number of rotatable bonds is 4. The summed E-state index contributed by atoms with van der Waals surface area (Å²) in [6.07, 6.45) is -3.70. The van der Waals surface area contributed by atoms with Gasteiger partial charge in [0.05, 0.1) is 10.6 Å². The Balaban J connectivity index is 2.05. The summed E-state index contributed by atoms with van der Waals surface area (Å²) in [6.45, 7) is 0.0816. The summed E-state index contributed by atoms with van der Waals surface area (Å²) >= 11 is 5.93. The third kappa shape index (κ3) is 3.98. The number of halogens is 4. The van der Waals surface area contributed by atoms with Crippen LogP contribution in [0.4, 0.5) is 13.2 Å². The highest BCUT2D eigenvalue weighted by Crippen LogP contribution is 2.30. The van der Waals surface area contributed by atoms with E-state index in [0.717, 1.165) is 12.1 Å². The highest BCUT2D eigenvalue weighted by Gasteiger charge is 2.29. The van der Waals surface area contributed by atoms with Crippen LogP contribution in [0.3, 0.4) is 0 Å². The van der Waals surface area contributed by atoms with Gasteiger partial charge in [-0.05, 0) is 35.9 Å². The van der Waals surface area contributed by atoms with Gasteiger partial charge in [0.15, 0.2) is 0 Å². The smallest absolute Gasteiger partial charge is 0.416 e. The third-order valence-corrected chi connectivity index (χ3v) is 3.06. The zero-order valence-corrected chi connectivity index (χ0v) is 11.4. The van der Waals surface area contributed by atoms with E-state index < -0.39 is 11.7 Å². The zero-order chi connectivity index (χ0) is 15.5. The molecule has 0 saturated carbocycles. The molecule has 110 valence electrons. The van der Waals surface area contributed by atoms with Gasteiger partial charge in [-0.3, -0.25) is 4.79 Å². The van der Waals surface area contributed by atoms with Crippen molar-refractivity contribution in [1.29, 1.82) is 0 Å². The third-order valence-electron chi connectivity index (χ3n) is 2.77. The summed E-state index contributed by atoms with van der Waals surface area (Å²) < 4.78 is 42.7. The Labute approximate surface area is 124 Å². The van der Waals surface area contributed by atoms with Crippen LogP contribution < -0.4 is 4.74 Å². The maximum Gasteiger partial charge on any atom is 0.416 e. The lowest BCUT2D eigenvalue weighted by atomic mass is 10.1. The SMILES string of the molecule is O=Cc1ccc(OCc2ccc(C(F)(F)F)cc2)c(Cl)c1. The Hall–Kier alpha value is -2.01. The van der Waals surface area contributed by atoms with Crippen LogP contribution in [-0.2, 0) is 12.8 Å². The molecule has 0 unspecified atom stereocenters. The van der Waals surface area contributed by atoms with Crippen molar-refractivity contribution in [3.05, 3.63) is 64.2 Å². The Morgan fingerprint density at radius 1 is 1.10 bits per heavy atom. The van der Waals surface area contributed by atoms with E-state index in [9.17, 15) is 18.0 Å². The molecule has 0 spiro atoms. The average molecular weight is 315 g/mol. The zero-order valence-electron chi connectivity index (χ0n) is 10.7. The average Bonchev–Trinajstić information content (AvgIpc) is 2.45.